The number of carbonyl (C=O) groups is 1. The normalized spacial score (nSPS) is 12.1. The van der Waals surface area contributed by atoms with Crippen molar-refractivity contribution in [2.75, 3.05) is 0 Å². The second-order valence-corrected chi connectivity index (χ2v) is 10.6. The average molecular weight is 543 g/mol. The van der Waals surface area contributed by atoms with Crippen molar-refractivity contribution in [2.45, 2.75) is 42.0 Å². The zero-order valence-electron chi connectivity index (χ0n) is 19.1. The van der Waals surface area contributed by atoms with Crippen molar-refractivity contribution < 1.29 is 74.4 Å². The van der Waals surface area contributed by atoms with E-state index in [0.717, 1.165) is 18.2 Å². The topological polar surface area (TPSA) is 182 Å². The van der Waals surface area contributed by atoms with Crippen LogP contribution in [0, 0.1) is 0 Å². The molecule has 184 valence electrons. The molecule has 14 heteroatoms. The van der Waals surface area contributed by atoms with E-state index in [9.17, 15) is 30.7 Å². The van der Waals surface area contributed by atoms with E-state index in [-0.39, 0.29) is 58.4 Å². The third-order valence-electron chi connectivity index (χ3n) is 5.42. The number of carboxylic acids is 1. The van der Waals surface area contributed by atoms with Crippen LogP contribution in [0.1, 0.15) is 25.7 Å². The van der Waals surface area contributed by atoms with Crippen LogP contribution in [0.2, 0.25) is 0 Å². The quantitative estimate of drug-likeness (QED) is 0.124. The minimum Gasteiger partial charge on any atom is -0.744 e. The van der Waals surface area contributed by atoms with Crippen LogP contribution in [0.25, 0.3) is 33.5 Å². The van der Waals surface area contributed by atoms with Gasteiger partial charge in [0.15, 0.2) is 11.8 Å². The molecule has 0 bridgehead atoms. The van der Waals surface area contributed by atoms with Gasteiger partial charge in [0.25, 0.3) is 11.6 Å². The van der Waals surface area contributed by atoms with E-state index in [1.807, 2.05) is 0 Å². The maximum absolute atomic E-state index is 12.0. The van der Waals surface area contributed by atoms with Crippen LogP contribution in [-0.4, -0.2) is 42.0 Å². The molecule has 2 heterocycles. The second-order valence-electron chi connectivity index (χ2n) is 7.85. The third kappa shape index (κ3) is 6.11. The van der Waals surface area contributed by atoms with Crippen molar-refractivity contribution in [3.63, 3.8) is 0 Å². The van der Waals surface area contributed by atoms with E-state index in [1.165, 1.54) is 6.07 Å². The molecule has 0 saturated carbocycles. The largest absolute Gasteiger partial charge is 1.00 e. The van der Waals surface area contributed by atoms with Crippen molar-refractivity contribution in [1.29, 1.82) is 0 Å². The van der Waals surface area contributed by atoms with Gasteiger partial charge in [-0.2, -0.15) is 4.57 Å². The van der Waals surface area contributed by atoms with Crippen molar-refractivity contribution in [2.24, 2.45) is 0 Å². The van der Waals surface area contributed by atoms with Gasteiger partial charge in [-0.3, -0.25) is 4.79 Å². The molecule has 0 saturated heterocycles. The summed E-state index contributed by atoms with van der Waals surface area (Å²) in [6.45, 7) is 0.507. The molecule has 0 spiro atoms. The molecular weight excluding hydrogens is 523 g/mol. The van der Waals surface area contributed by atoms with Gasteiger partial charge >= 0.3 is 35.5 Å². The summed E-state index contributed by atoms with van der Waals surface area (Å²) in [6.07, 6.45) is 3.71. The zero-order valence-corrected chi connectivity index (χ0v) is 22.7. The first kappa shape index (κ1) is 28.2. The van der Waals surface area contributed by atoms with Crippen LogP contribution in [0.15, 0.2) is 62.9 Å². The van der Waals surface area contributed by atoms with E-state index in [2.05, 4.69) is 4.98 Å². The number of hydrogen-bond donors (Lipinski definition) is 1. The van der Waals surface area contributed by atoms with Gasteiger partial charge in [0.1, 0.15) is 32.3 Å². The average Bonchev–Trinajstić information content (AvgIpc) is 3.22. The molecule has 0 fully saturated rings. The van der Waals surface area contributed by atoms with Crippen LogP contribution in [-0.2, 0) is 31.6 Å². The number of aromatic nitrogens is 2. The Bertz CT molecular complexity index is 1670. The number of nitrogens with zero attached hydrogens (tertiary/aromatic N) is 2. The number of aliphatic carboxylic acids is 1. The van der Waals surface area contributed by atoms with E-state index in [1.54, 1.807) is 29.0 Å². The van der Waals surface area contributed by atoms with Gasteiger partial charge in [0.05, 0.1) is 9.79 Å². The molecular formula is C22H19N2NaO9S2. The van der Waals surface area contributed by atoms with E-state index in [0.29, 0.717) is 36.9 Å². The van der Waals surface area contributed by atoms with Gasteiger partial charge in [0, 0.05) is 30.4 Å². The Morgan fingerprint density at radius 3 is 2.42 bits per heavy atom. The van der Waals surface area contributed by atoms with Gasteiger partial charge in [0.2, 0.25) is 0 Å². The van der Waals surface area contributed by atoms with Gasteiger partial charge < -0.3 is 18.6 Å². The van der Waals surface area contributed by atoms with E-state index in [4.69, 9.17) is 9.52 Å². The molecule has 36 heavy (non-hydrogen) atoms. The minimum atomic E-state index is -5.04. The van der Waals surface area contributed by atoms with Crippen molar-refractivity contribution >= 4 is 48.1 Å². The van der Waals surface area contributed by atoms with Crippen LogP contribution in [0.3, 0.4) is 0 Å². The maximum Gasteiger partial charge on any atom is 1.00 e. The van der Waals surface area contributed by atoms with Crippen LogP contribution < -0.4 is 34.1 Å². The number of unbranched alkanes of at least 4 members (excludes halogenated alkanes) is 2. The molecule has 0 aliphatic carbocycles. The zero-order chi connectivity index (χ0) is 25.4. The first-order chi connectivity index (χ1) is 16.4. The fraction of sp³-hybridized carbons (Fsp3) is 0.227. The summed E-state index contributed by atoms with van der Waals surface area (Å²) < 4.78 is 77.7. The molecule has 11 nitrogen and oxygen atoms in total. The van der Waals surface area contributed by atoms with Crippen LogP contribution in [0.4, 0.5) is 0 Å². The summed E-state index contributed by atoms with van der Waals surface area (Å²) in [5, 5.41) is 9.09. The number of carboxylic acid groups (broad SMARTS) is 1. The van der Waals surface area contributed by atoms with Crippen molar-refractivity contribution in [1.82, 2.24) is 4.98 Å². The number of hydrogen-bond acceptors (Lipinski definition) is 9. The predicted octanol–water partition coefficient (Wildman–Crippen LogP) is -0.607. The SMILES string of the molecule is O=C(O)CCCCC[n+]1ccccc1-c1nc2c(o1)c(S(=O)(=O)[O-])cc1cc(S(=O)(=O)[O-])ccc12.[Na+]. The molecule has 2 aromatic carbocycles. The molecule has 4 rings (SSSR count). The Morgan fingerprint density at radius 1 is 1.00 bits per heavy atom. The number of rotatable bonds is 9. The van der Waals surface area contributed by atoms with E-state index < -0.39 is 36.0 Å². The summed E-state index contributed by atoms with van der Waals surface area (Å²) >= 11 is 0. The fourth-order valence-electron chi connectivity index (χ4n) is 3.80. The minimum absolute atomic E-state index is 0. The molecule has 0 aliphatic heterocycles. The second kappa shape index (κ2) is 10.9. The Morgan fingerprint density at radius 2 is 1.75 bits per heavy atom. The Labute approximate surface area is 228 Å². The first-order valence-electron chi connectivity index (χ1n) is 10.4. The van der Waals surface area contributed by atoms with Crippen molar-refractivity contribution in [3.8, 4) is 11.6 Å². The third-order valence-corrected chi connectivity index (χ3v) is 7.10. The predicted molar refractivity (Wildman–Crippen MR) is 119 cm³/mol. The van der Waals surface area contributed by atoms with E-state index >= 15 is 0 Å². The first-order valence-corrected chi connectivity index (χ1v) is 13.3. The molecule has 2 aromatic heterocycles. The Balaban J connectivity index is 0.00000361. The van der Waals surface area contributed by atoms with Gasteiger partial charge in [-0.05, 0) is 42.5 Å². The molecule has 1 N–H and O–H groups in total. The fourth-order valence-corrected chi connectivity index (χ4v) is 4.95. The monoisotopic (exact) mass is 542 g/mol. The molecule has 0 atom stereocenters. The number of aryl methyl sites for hydroxylation is 1. The van der Waals surface area contributed by atoms with Crippen LogP contribution in [0.5, 0.6) is 0 Å². The molecule has 0 unspecified atom stereocenters. The summed E-state index contributed by atoms with van der Waals surface area (Å²) in [5.41, 5.74) is 0.235. The Hall–Kier alpha value is -2.39. The summed E-state index contributed by atoms with van der Waals surface area (Å²) in [5.74, 6) is -0.829. The van der Waals surface area contributed by atoms with Gasteiger partial charge in [-0.15, -0.1) is 0 Å². The van der Waals surface area contributed by atoms with Crippen molar-refractivity contribution in [3.05, 3.63) is 48.7 Å². The summed E-state index contributed by atoms with van der Waals surface area (Å²) in [7, 11) is -9.86. The molecule has 0 radical (unpaired) electrons. The molecule has 0 aliphatic rings. The smallest absolute Gasteiger partial charge is 0.744 e. The Kier molecular flexibility index (Phi) is 8.55. The summed E-state index contributed by atoms with van der Waals surface area (Å²) in [4.78, 5) is 13.8. The number of benzene rings is 2. The molecule has 0 amide bonds. The molecule has 4 aromatic rings. The number of pyridine rings is 1. The summed E-state index contributed by atoms with van der Waals surface area (Å²) in [6, 6.07) is 9.51. The maximum atomic E-state index is 12.0. The van der Waals surface area contributed by atoms with Gasteiger partial charge in [-0.1, -0.05) is 6.07 Å². The number of oxazole rings is 1. The van der Waals surface area contributed by atoms with Crippen LogP contribution >= 0.6 is 0 Å². The number of fused-ring (bicyclic) bond motifs is 3. The van der Waals surface area contributed by atoms with Gasteiger partial charge in [-0.25, -0.2) is 21.8 Å². The standard InChI is InChI=1S/C22H20N2O9S2.Na/c25-19(26)7-2-1-4-10-24-11-5-3-6-17(24)22-23-20-16-9-8-15(34(27,28)29)12-14(16)13-18(21(20)33-22)35(30,31)32;/h3,5-6,8-9,11-13H,1-2,4,7,10H2,(H2-,25,26,27,28,29,30,31,32);/q;+1/p-1.